The van der Waals surface area contributed by atoms with Gasteiger partial charge < -0.3 is 10.6 Å². The third-order valence-corrected chi connectivity index (χ3v) is 5.48. The van der Waals surface area contributed by atoms with Crippen molar-refractivity contribution in [2.75, 3.05) is 36.8 Å². The predicted octanol–water partition coefficient (Wildman–Crippen LogP) is 0.0277. The number of sulfonamides is 1. The molecule has 1 unspecified atom stereocenters. The Morgan fingerprint density at radius 1 is 1.40 bits per heavy atom. The van der Waals surface area contributed by atoms with Gasteiger partial charge in [-0.15, -0.1) is 0 Å². The second-order valence-corrected chi connectivity index (χ2v) is 6.89. The molecule has 1 aromatic rings. The van der Waals surface area contributed by atoms with Gasteiger partial charge in [-0.25, -0.2) is 8.42 Å². The van der Waals surface area contributed by atoms with Gasteiger partial charge in [0, 0.05) is 32.4 Å². The molecular formula is C12H17N5O2S. The first-order chi connectivity index (χ1) is 9.46. The zero-order valence-corrected chi connectivity index (χ0v) is 12.0. The van der Waals surface area contributed by atoms with Crippen molar-refractivity contribution in [3.63, 3.8) is 0 Å². The predicted molar refractivity (Wildman–Crippen MR) is 76.4 cm³/mol. The monoisotopic (exact) mass is 295 g/mol. The average Bonchev–Trinajstić information content (AvgIpc) is 2.47. The summed E-state index contributed by atoms with van der Waals surface area (Å²) in [6.07, 6.45) is 3.24. The molecule has 0 spiro atoms. The van der Waals surface area contributed by atoms with Gasteiger partial charge in [0.2, 0.25) is 10.0 Å². The molecule has 1 saturated heterocycles. The van der Waals surface area contributed by atoms with E-state index in [0.29, 0.717) is 31.9 Å². The van der Waals surface area contributed by atoms with Crippen LogP contribution in [0.15, 0.2) is 18.5 Å². The van der Waals surface area contributed by atoms with Gasteiger partial charge in [0.15, 0.2) is 5.25 Å². The summed E-state index contributed by atoms with van der Waals surface area (Å²) < 4.78 is 25.5. The Hall–Kier alpha value is -1.85. The van der Waals surface area contributed by atoms with E-state index in [2.05, 4.69) is 4.98 Å². The van der Waals surface area contributed by atoms with Crippen molar-refractivity contribution in [2.24, 2.45) is 0 Å². The standard InChI is InChI=1S/C12H17N5O2S/c1-10(8-13)20(18,19)17-6-4-16(5-7-17)12-2-3-15-9-11(12)14/h2-3,9-10H,4-7,14H2,1H3. The second-order valence-electron chi connectivity index (χ2n) is 4.64. The lowest BCUT2D eigenvalue weighted by Crippen LogP contribution is -2.50. The van der Waals surface area contributed by atoms with Crippen molar-refractivity contribution in [2.45, 2.75) is 12.2 Å². The smallest absolute Gasteiger partial charge is 0.230 e. The molecule has 108 valence electrons. The normalized spacial score (nSPS) is 18.5. The number of anilines is 2. The van der Waals surface area contributed by atoms with E-state index in [0.717, 1.165) is 5.69 Å². The van der Waals surface area contributed by atoms with Crippen LogP contribution in [-0.2, 0) is 10.0 Å². The molecule has 8 heteroatoms. The highest BCUT2D eigenvalue weighted by Gasteiger charge is 2.31. The highest BCUT2D eigenvalue weighted by molar-refractivity contribution is 7.89. The molecule has 0 aromatic carbocycles. The fourth-order valence-corrected chi connectivity index (χ4v) is 3.41. The molecule has 20 heavy (non-hydrogen) atoms. The quantitative estimate of drug-likeness (QED) is 0.843. The van der Waals surface area contributed by atoms with Gasteiger partial charge in [-0.3, -0.25) is 4.98 Å². The zero-order valence-electron chi connectivity index (χ0n) is 11.2. The third-order valence-electron chi connectivity index (χ3n) is 3.40. The van der Waals surface area contributed by atoms with Crippen LogP contribution in [0, 0.1) is 11.3 Å². The largest absolute Gasteiger partial charge is 0.396 e. The molecule has 7 nitrogen and oxygen atoms in total. The molecule has 2 N–H and O–H groups in total. The minimum atomic E-state index is -3.53. The number of pyridine rings is 1. The molecule has 0 amide bonds. The zero-order chi connectivity index (χ0) is 14.8. The summed E-state index contributed by atoms with van der Waals surface area (Å²) in [6.45, 7) is 3.21. The number of hydrogen-bond donors (Lipinski definition) is 1. The van der Waals surface area contributed by atoms with Crippen molar-refractivity contribution in [1.29, 1.82) is 5.26 Å². The van der Waals surface area contributed by atoms with E-state index in [1.807, 2.05) is 11.0 Å². The van der Waals surface area contributed by atoms with Crippen molar-refractivity contribution in [3.05, 3.63) is 18.5 Å². The van der Waals surface area contributed by atoms with E-state index in [9.17, 15) is 8.42 Å². The molecule has 1 aliphatic heterocycles. The van der Waals surface area contributed by atoms with Crippen LogP contribution in [-0.4, -0.2) is 49.1 Å². The maximum atomic E-state index is 12.1. The minimum Gasteiger partial charge on any atom is -0.396 e. The topological polar surface area (TPSA) is 103 Å². The van der Waals surface area contributed by atoms with Crippen molar-refractivity contribution in [3.8, 4) is 6.07 Å². The summed E-state index contributed by atoms with van der Waals surface area (Å²) in [6, 6.07) is 3.60. The summed E-state index contributed by atoms with van der Waals surface area (Å²) in [5, 5.41) is 7.76. The Balaban J connectivity index is 2.07. The molecular weight excluding hydrogens is 278 g/mol. The van der Waals surface area contributed by atoms with E-state index >= 15 is 0 Å². The highest BCUT2D eigenvalue weighted by Crippen LogP contribution is 2.23. The molecule has 2 heterocycles. The molecule has 0 bridgehead atoms. The van der Waals surface area contributed by atoms with Gasteiger partial charge in [0.25, 0.3) is 0 Å². The molecule has 0 saturated carbocycles. The van der Waals surface area contributed by atoms with E-state index in [-0.39, 0.29) is 0 Å². The lowest BCUT2D eigenvalue weighted by molar-refractivity contribution is 0.383. The first-order valence-electron chi connectivity index (χ1n) is 6.30. The van der Waals surface area contributed by atoms with Crippen LogP contribution in [0.3, 0.4) is 0 Å². The molecule has 0 radical (unpaired) electrons. The van der Waals surface area contributed by atoms with E-state index in [1.54, 1.807) is 18.5 Å². The summed E-state index contributed by atoms with van der Waals surface area (Å²) in [5.74, 6) is 0. The van der Waals surface area contributed by atoms with Gasteiger partial charge in [-0.05, 0) is 13.0 Å². The number of nitriles is 1. The third kappa shape index (κ3) is 2.69. The molecule has 2 rings (SSSR count). The Labute approximate surface area is 118 Å². The molecule has 1 aliphatic rings. The van der Waals surface area contributed by atoms with Gasteiger partial charge in [0.05, 0.1) is 23.6 Å². The fourth-order valence-electron chi connectivity index (χ4n) is 2.16. The molecule has 1 atom stereocenters. The van der Waals surface area contributed by atoms with Crippen LogP contribution in [0.25, 0.3) is 0 Å². The van der Waals surface area contributed by atoms with Crippen LogP contribution in [0.2, 0.25) is 0 Å². The fraction of sp³-hybridized carbons (Fsp3) is 0.500. The number of nitrogen functional groups attached to an aromatic ring is 1. The Bertz CT molecular complexity index is 617. The highest BCUT2D eigenvalue weighted by atomic mass is 32.2. The lowest BCUT2D eigenvalue weighted by Gasteiger charge is -2.36. The van der Waals surface area contributed by atoms with Gasteiger partial charge >= 0.3 is 0 Å². The number of nitrogens with two attached hydrogens (primary N) is 1. The Morgan fingerprint density at radius 3 is 2.60 bits per heavy atom. The Kier molecular flexibility index (Phi) is 4.11. The maximum Gasteiger partial charge on any atom is 0.230 e. The summed E-state index contributed by atoms with van der Waals surface area (Å²) in [4.78, 5) is 5.96. The second kappa shape index (κ2) is 5.64. The average molecular weight is 295 g/mol. The SMILES string of the molecule is CC(C#N)S(=O)(=O)N1CCN(c2ccncc2N)CC1. The van der Waals surface area contributed by atoms with E-state index in [1.165, 1.54) is 11.2 Å². The number of rotatable bonds is 3. The van der Waals surface area contributed by atoms with Crippen LogP contribution in [0.5, 0.6) is 0 Å². The van der Waals surface area contributed by atoms with E-state index in [4.69, 9.17) is 11.0 Å². The summed E-state index contributed by atoms with van der Waals surface area (Å²) in [5.41, 5.74) is 7.31. The summed E-state index contributed by atoms with van der Waals surface area (Å²) >= 11 is 0. The van der Waals surface area contributed by atoms with Crippen molar-refractivity contribution in [1.82, 2.24) is 9.29 Å². The van der Waals surface area contributed by atoms with Crippen molar-refractivity contribution >= 4 is 21.4 Å². The van der Waals surface area contributed by atoms with Crippen LogP contribution in [0.4, 0.5) is 11.4 Å². The number of hydrogen-bond acceptors (Lipinski definition) is 6. The molecule has 1 aromatic heterocycles. The maximum absolute atomic E-state index is 12.1. The van der Waals surface area contributed by atoms with E-state index < -0.39 is 15.3 Å². The number of nitrogens with zero attached hydrogens (tertiary/aromatic N) is 4. The van der Waals surface area contributed by atoms with Crippen LogP contribution < -0.4 is 10.6 Å². The summed E-state index contributed by atoms with van der Waals surface area (Å²) in [7, 11) is -3.53. The first kappa shape index (κ1) is 14.6. The van der Waals surface area contributed by atoms with Gasteiger partial charge in [0.1, 0.15) is 0 Å². The van der Waals surface area contributed by atoms with Gasteiger partial charge in [-0.2, -0.15) is 9.57 Å². The van der Waals surface area contributed by atoms with Crippen LogP contribution in [0.1, 0.15) is 6.92 Å². The van der Waals surface area contributed by atoms with Crippen molar-refractivity contribution < 1.29 is 8.42 Å². The minimum absolute atomic E-state index is 0.357. The number of piperazine rings is 1. The lowest BCUT2D eigenvalue weighted by atomic mass is 10.2. The Morgan fingerprint density at radius 2 is 2.05 bits per heavy atom. The molecule has 1 fully saturated rings. The van der Waals surface area contributed by atoms with Crippen LogP contribution >= 0.6 is 0 Å². The van der Waals surface area contributed by atoms with Gasteiger partial charge in [-0.1, -0.05) is 0 Å². The number of aromatic nitrogens is 1. The molecule has 0 aliphatic carbocycles. The first-order valence-corrected chi connectivity index (χ1v) is 7.80.